The number of hydrogen-bond acceptors (Lipinski definition) is 4. The monoisotopic (exact) mass is 240 g/mol. The second-order valence-electron chi connectivity index (χ2n) is 3.80. The summed E-state index contributed by atoms with van der Waals surface area (Å²) in [6.07, 6.45) is 2.36. The first-order valence-corrected chi connectivity index (χ1v) is 5.32. The van der Waals surface area contributed by atoms with Crippen molar-refractivity contribution in [3.63, 3.8) is 0 Å². The molecule has 1 aromatic heterocycles. The van der Waals surface area contributed by atoms with Gasteiger partial charge in [-0.25, -0.2) is 4.39 Å². The SMILES string of the molecule is O=C(c1cncc(F)c1)N1CCOCC1CO. The molecule has 1 aromatic rings. The van der Waals surface area contributed by atoms with Crippen LogP contribution in [0.4, 0.5) is 4.39 Å². The van der Waals surface area contributed by atoms with Crippen LogP contribution < -0.4 is 0 Å². The van der Waals surface area contributed by atoms with Gasteiger partial charge in [0.15, 0.2) is 0 Å². The van der Waals surface area contributed by atoms with Gasteiger partial charge in [-0.1, -0.05) is 0 Å². The zero-order valence-electron chi connectivity index (χ0n) is 9.17. The van der Waals surface area contributed by atoms with Crippen molar-refractivity contribution in [1.82, 2.24) is 9.88 Å². The predicted octanol–water partition coefficient (Wildman–Crippen LogP) is 0.0540. The van der Waals surface area contributed by atoms with Crippen LogP contribution in [0.1, 0.15) is 10.4 Å². The summed E-state index contributed by atoms with van der Waals surface area (Å²) in [5.41, 5.74) is 0.186. The minimum atomic E-state index is -0.551. The molecule has 1 amide bonds. The van der Waals surface area contributed by atoms with Gasteiger partial charge in [-0.15, -0.1) is 0 Å². The number of morpholine rings is 1. The van der Waals surface area contributed by atoms with Gasteiger partial charge in [-0.2, -0.15) is 0 Å². The van der Waals surface area contributed by atoms with Crippen LogP contribution in [0.25, 0.3) is 0 Å². The van der Waals surface area contributed by atoms with E-state index < -0.39 is 5.82 Å². The molecule has 0 radical (unpaired) electrons. The Bertz CT molecular complexity index is 413. The van der Waals surface area contributed by atoms with E-state index in [0.29, 0.717) is 19.8 Å². The third-order valence-electron chi connectivity index (χ3n) is 2.65. The largest absolute Gasteiger partial charge is 0.394 e. The zero-order valence-corrected chi connectivity index (χ0v) is 9.17. The molecule has 0 saturated carbocycles. The van der Waals surface area contributed by atoms with Crippen LogP contribution >= 0.6 is 0 Å². The lowest BCUT2D eigenvalue weighted by Gasteiger charge is -2.34. The number of pyridine rings is 1. The average molecular weight is 240 g/mol. The maximum Gasteiger partial charge on any atom is 0.256 e. The fourth-order valence-corrected chi connectivity index (χ4v) is 1.77. The first-order valence-electron chi connectivity index (χ1n) is 5.32. The van der Waals surface area contributed by atoms with Gasteiger partial charge in [0.2, 0.25) is 0 Å². The molecule has 1 N–H and O–H groups in total. The summed E-state index contributed by atoms with van der Waals surface area (Å²) < 4.78 is 18.1. The number of aliphatic hydroxyl groups is 1. The van der Waals surface area contributed by atoms with Crippen LogP contribution in [0, 0.1) is 5.82 Å². The van der Waals surface area contributed by atoms with Crippen LogP contribution in [0.5, 0.6) is 0 Å². The fourth-order valence-electron chi connectivity index (χ4n) is 1.77. The lowest BCUT2D eigenvalue weighted by Crippen LogP contribution is -2.50. The van der Waals surface area contributed by atoms with Crippen molar-refractivity contribution in [3.05, 3.63) is 29.8 Å². The van der Waals surface area contributed by atoms with E-state index in [9.17, 15) is 9.18 Å². The normalized spacial score (nSPS) is 20.4. The first kappa shape index (κ1) is 11.9. The molecule has 1 unspecified atom stereocenters. The van der Waals surface area contributed by atoms with Gasteiger partial charge in [0, 0.05) is 12.7 Å². The topological polar surface area (TPSA) is 62.7 Å². The van der Waals surface area contributed by atoms with Gasteiger partial charge in [0.25, 0.3) is 5.91 Å². The van der Waals surface area contributed by atoms with Crippen LogP contribution in [-0.2, 0) is 4.74 Å². The fraction of sp³-hybridized carbons (Fsp3) is 0.455. The predicted molar refractivity (Wildman–Crippen MR) is 56.9 cm³/mol. The van der Waals surface area contributed by atoms with Gasteiger partial charge in [0.05, 0.1) is 37.6 Å². The van der Waals surface area contributed by atoms with Crippen LogP contribution in [0.15, 0.2) is 18.5 Å². The Morgan fingerprint density at radius 3 is 3.18 bits per heavy atom. The summed E-state index contributed by atoms with van der Waals surface area (Å²) in [6.45, 7) is 0.936. The molecule has 1 saturated heterocycles. The quantitative estimate of drug-likeness (QED) is 0.793. The molecule has 5 nitrogen and oxygen atoms in total. The van der Waals surface area contributed by atoms with E-state index in [1.807, 2.05) is 0 Å². The highest BCUT2D eigenvalue weighted by Crippen LogP contribution is 2.12. The second kappa shape index (κ2) is 5.20. The van der Waals surface area contributed by atoms with Crippen LogP contribution in [0.2, 0.25) is 0 Å². The van der Waals surface area contributed by atoms with Crippen molar-refractivity contribution >= 4 is 5.91 Å². The van der Waals surface area contributed by atoms with E-state index in [1.54, 1.807) is 0 Å². The molecule has 92 valence electrons. The van der Waals surface area contributed by atoms with Crippen molar-refractivity contribution in [1.29, 1.82) is 0 Å². The summed E-state index contributed by atoms with van der Waals surface area (Å²) in [5, 5.41) is 9.15. The van der Waals surface area contributed by atoms with E-state index in [2.05, 4.69) is 4.98 Å². The van der Waals surface area contributed by atoms with Gasteiger partial charge >= 0.3 is 0 Å². The van der Waals surface area contributed by atoms with Crippen molar-refractivity contribution in [3.8, 4) is 0 Å². The van der Waals surface area contributed by atoms with E-state index >= 15 is 0 Å². The highest BCUT2D eigenvalue weighted by Gasteiger charge is 2.27. The average Bonchev–Trinajstić information content (AvgIpc) is 2.38. The molecule has 1 aliphatic heterocycles. The standard InChI is InChI=1S/C11H13FN2O3/c12-9-3-8(4-13-5-9)11(16)14-1-2-17-7-10(14)6-15/h3-5,10,15H,1-2,6-7H2. The molecule has 2 rings (SSSR count). The summed E-state index contributed by atoms with van der Waals surface area (Å²) in [5.74, 6) is -0.885. The summed E-state index contributed by atoms with van der Waals surface area (Å²) in [6, 6.07) is 0.763. The lowest BCUT2D eigenvalue weighted by molar-refractivity contribution is -0.0184. The number of carbonyl (C=O) groups excluding carboxylic acids is 1. The van der Waals surface area contributed by atoms with Gasteiger partial charge < -0.3 is 14.7 Å². The number of rotatable bonds is 2. The van der Waals surface area contributed by atoms with E-state index in [-0.39, 0.29) is 24.1 Å². The number of ether oxygens (including phenoxy) is 1. The number of halogens is 1. The number of amides is 1. The molecule has 1 atom stereocenters. The molecule has 0 aliphatic carbocycles. The Labute approximate surface area is 97.8 Å². The molecule has 17 heavy (non-hydrogen) atoms. The second-order valence-corrected chi connectivity index (χ2v) is 3.80. The number of aliphatic hydroxyl groups excluding tert-OH is 1. The lowest BCUT2D eigenvalue weighted by atomic mass is 10.2. The van der Waals surface area contributed by atoms with Crippen molar-refractivity contribution in [2.24, 2.45) is 0 Å². The smallest absolute Gasteiger partial charge is 0.256 e. The van der Waals surface area contributed by atoms with Gasteiger partial charge in [-0.3, -0.25) is 9.78 Å². The zero-order chi connectivity index (χ0) is 12.3. The summed E-state index contributed by atoms with van der Waals surface area (Å²) in [4.78, 5) is 17.2. The number of nitrogens with zero attached hydrogens (tertiary/aromatic N) is 2. The van der Waals surface area contributed by atoms with Crippen LogP contribution in [-0.4, -0.2) is 53.3 Å². The van der Waals surface area contributed by atoms with Crippen LogP contribution in [0.3, 0.4) is 0 Å². The maximum absolute atomic E-state index is 13.0. The van der Waals surface area contributed by atoms with Crippen molar-refractivity contribution < 1.29 is 19.0 Å². The molecule has 0 bridgehead atoms. The number of aromatic nitrogens is 1. The highest BCUT2D eigenvalue weighted by atomic mass is 19.1. The van der Waals surface area contributed by atoms with E-state index in [4.69, 9.17) is 9.84 Å². The van der Waals surface area contributed by atoms with Gasteiger partial charge in [0.1, 0.15) is 5.82 Å². The molecule has 1 aliphatic rings. The molecular formula is C11H13FN2O3. The molecule has 1 fully saturated rings. The molecule has 6 heteroatoms. The Morgan fingerprint density at radius 1 is 1.65 bits per heavy atom. The van der Waals surface area contributed by atoms with Crippen molar-refractivity contribution in [2.45, 2.75) is 6.04 Å². The Hall–Kier alpha value is -1.53. The van der Waals surface area contributed by atoms with E-state index in [0.717, 1.165) is 12.3 Å². The number of hydrogen-bond donors (Lipinski definition) is 1. The Kier molecular flexibility index (Phi) is 3.65. The van der Waals surface area contributed by atoms with Crippen molar-refractivity contribution in [2.75, 3.05) is 26.4 Å². The summed E-state index contributed by atoms with van der Waals surface area (Å²) >= 11 is 0. The minimum Gasteiger partial charge on any atom is -0.394 e. The highest BCUT2D eigenvalue weighted by molar-refractivity contribution is 5.94. The molecule has 2 heterocycles. The van der Waals surface area contributed by atoms with E-state index in [1.165, 1.54) is 11.1 Å². The number of carbonyl (C=O) groups is 1. The third-order valence-corrected chi connectivity index (χ3v) is 2.65. The first-order chi connectivity index (χ1) is 8.22. The Morgan fingerprint density at radius 2 is 2.47 bits per heavy atom. The van der Waals surface area contributed by atoms with Gasteiger partial charge in [-0.05, 0) is 6.07 Å². The Balaban J connectivity index is 2.18. The minimum absolute atomic E-state index is 0.172. The molecule has 0 spiro atoms. The maximum atomic E-state index is 13.0. The molecular weight excluding hydrogens is 227 g/mol. The third kappa shape index (κ3) is 2.59. The molecule has 0 aromatic carbocycles. The summed E-state index contributed by atoms with van der Waals surface area (Å²) in [7, 11) is 0.